The zero-order valence-electron chi connectivity index (χ0n) is 14.5. The number of nitrogens with zero attached hydrogens (tertiary/aromatic N) is 1. The monoisotopic (exact) mass is 349 g/mol. The molecule has 3 rings (SSSR count). The molecule has 7 nitrogen and oxygen atoms in total. The van der Waals surface area contributed by atoms with Gasteiger partial charge in [0.25, 0.3) is 5.91 Å². The van der Waals surface area contributed by atoms with Crippen molar-refractivity contribution in [2.45, 2.75) is 37.6 Å². The molecule has 1 heterocycles. The molecule has 0 saturated heterocycles. The third kappa shape index (κ3) is 2.99. The first kappa shape index (κ1) is 17.4. The van der Waals surface area contributed by atoms with Crippen LogP contribution in [0.2, 0.25) is 0 Å². The number of carbonyl (C=O) groups is 2. The van der Waals surface area contributed by atoms with Crippen LogP contribution in [0.4, 0.5) is 0 Å². The van der Waals surface area contributed by atoms with Gasteiger partial charge in [-0.3, -0.25) is 4.79 Å². The zero-order valence-corrected chi connectivity index (χ0v) is 14.5. The summed E-state index contributed by atoms with van der Waals surface area (Å²) in [4.78, 5) is 26.3. The highest BCUT2D eigenvalue weighted by atomic mass is 16.6. The van der Waals surface area contributed by atoms with Crippen molar-refractivity contribution >= 4 is 11.9 Å². The molecule has 25 heavy (non-hydrogen) atoms. The summed E-state index contributed by atoms with van der Waals surface area (Å²) in [5, 5.41) is 9.78. The number of amides is 1. The number of carboxylic acid groups (broad SMARTS) is 1. The van der Waals surface area contributed by atoms with Gasteiger partial charge in [0, 0.05) is 12.6 Å². The Bertz CT molecular complexity index is 663. The highest BCUT2D eigenvalue weighted by Crippen LogP contribution is 2.41. The smallest absolute Gasteiger partial charge is 0.329 e. The Labute approximate surface area is 146 Å². The first-order valence-corrected chi connectivity index (χ1v) is 8.49. The van der Waals surface area contributed by atoms with E-state index in [2.05, 4.69) is 0 Å². The van der Waals surface area contributed by atoms with Crippen molar-refractivity contribution in [2.24, 2.45) is 0 Å². The largest absolute Gasteiger partial charge is 0.493 e. The third-order valence-electron chi connectivity index (χ3n) is 5.10. The molecule has 0 atom stereocenters. The molecule has 0 bridgehead atoms. The highest BCUT2D eigenvalue weighted by molar-refractivity contribution is 5.98. The Morgan fingerprint density at radius 2 is 1.84 bits per heavy atom. The molecule has 2 aliphatic rings. The maximum atomic E-state index is 13.0. The number of ether oxygens (including phenoxy) is 3. The van der Waals surface area contributed by atoms with Gasteiger partial charge in [-0.25, -0.2) is 4.79 Å². The van der Waals surface area contributed by atoms with E-state index in [9.17, 15) is 14.7 Å². The second kappa shape index (κ2) is 6.82. The standard InChI is InChI=1S/C18H23NO6/c1-19(18(17(21)22)6-4-3-5-7-18)16(20)12-10-13(23-2)15-14(11-12)24-8-9-25-15/h10-11H,3-9H2,1-2H3,(H,21,22). The average Bonchev–Trinajstić information content (AvgIpc) is 2.66. The van der Waals surface area contributed by atoms with Crippen LogP contribution in [0.5, 0.6) is 17.2 Å². The normalized spacial score (nSPS) is 18.3. The first-order chi connectivity index (χ1) is 12.0. The van der Waals surface area contributed by atoms with E-state index in [0.717, 1.165) is 19.3 Å². The average molecular weight is 349 g/mol. The van der Waals surface area contributed by atoms with Crippen LogP contribution in [-0.2, 0) is 4.79 Å². The Morgan fingerprint density at radius 1 is 1.16 bits per heavy atom. The summed E-state index contributed by atoms with van der Waals surface area (Å²) in [7, 11) is 3.05. The van der Waals surface area contributed by atoms with E-state index in [4.69, 9.17) is 14.2 Å². The van der Waals surface area contributed by atoms with Crippen LogP contribution in [0.3, 0.4) is 0 Å². The highest BCUT2D eigenvalue weighted by Gasteiger charge is 2.45. The number of methoxy groups -OCH3 is 1. The summed E-state index contributed by atoms with van der Waals surface area (Å²) in [5.41, 5.74) is -0.828. The van der Waals surface area contributed by atoms with E-state index < -0.39 is 11.5 Å². The minimum absolute atomic E-state index is 0.329. The number of aliphatic carboxylic acids is 1. The summed E-state index contributed by atoms with van der Waals surface area (Å²) in [5.74, 6) is 0.00281. The number of carboxylic acids is 1. The van der Waals surface area contributed by atoms with Gasteiger partial charge in [-0.1, -0.05) is 19.3 Å². The lowest BCUT2D eigenvalue weighted by atomic mass is 9.80. The molecule has 1 amide bonds. The Hall–Kier alpha value is -2.44. The number of benzene rings is 1. The van der Waals surface area contributed by atoms with Crippen LogP contribution in [0.25, 0.3) is 0 Å². The summed E-state index contributed by atoms with van der Waals surface area (Å²) < 4.78 is 16.4. The predicted molar refractivity (Wildman–Crippen MR) is 89.5 cm³/mol. The van der Waals surface area contributed by atoms with Gasteiger partial charge >= 0.3 is 5.97 Å². The van der Waals surface area contributed by atoms with E-state index in [1.54, 1.807) is 19.2 Å². The second-order valence-corrected chi connectivity index (χ2v) is 6.46. The molecule has 1 N–H and O–H groups in total. The number of rotatable bonds is 4. The summed E-state index contributed by atoms with van der Waals surface area (Å²) in [6.45, 7) is 0.807. The molecule has 0 aromatic heterocycles. The molecule has 0 radical (unpaired) electrons. The van der Waals surface area contributed by atoms with Gasteiger partial charge in [0.1, 0.15) is 18.8 Å². The second-order valence-electron chi connectivity index (χ2n) is 6.46. The van der Waals surface area contributed by atoms with Crippen molar-refractivity contribution in [1.29, 1.82) is 0 Å². The summed E-state index contributed by atoms with van der Waals surface area (Å²) in [6.07, 6.45) is 3.52. The van der Waals surface area contributed by atoms with Crippen molar-refractivity contribution in [3.8, 4) is 17.2 Å². The minimum atomic E-state index is -1.16. The lowest BCUT2D eigenvalue weighted by Gasteiger charge is -2.41. The fourth-order valence-corrected chi connectivity index (χ4v) is 3.61. The Morgan fingerprint density at radius 3 is 2.48 bits per heavy atom. The van der Waals surface area contributed by atoms with E-state index in [1.165, 1.54) is 12.0 Å². The van der Waals surface area contributed by atoms with Crippen LogP contribution in [0.1, 0.15) is 42.5 Å². The van der Waals surface area contributed by atoms with Gasteiger partial charge in [0.05, 0.1) is 7.11 Å². The predicted octanol–water partition coefficient (Wildman–Crippen LogP) is 2.33. The zero-order chi connectivity index (χ0) is 18.0. The Balaban J connectivity index is 1.95. The SMILES string of the molecule is COc1cc(C(=O)N(C)C2(C(=O)O)CCCCC2)cc2c1OCCO2. The van der Waals surface area contributed by atoms with Crippen LogP contribution < -0.4 is 14.2 Å². The van der Waals surface area contributed by atoms with Crippen molar-refractivity contribution in [1.82, 2.24) is 4.90 Å². The number of hydrogen-bond acceptors (Lipinski definition) is 5. The van der Waals surface area contributed by atoms with Gasteiger partial charge in [0.15, 0.2) is 11.5 Å². The molecule has 1 saturated carbocycles. The van der Waals surface area contributed by atoms with Gasteiger partial charge < -0.3 is 24.2 Å². The maximum absolute atomic E-state index is 13.0. The van der Waals surface area contributed by atoms with E-state index in [0.29, 0.717) is 48.9 Å². The minimum Gasteiger partial charge on any atom is -0.493 e. The maximum Gasteiger partial charge on any atom is 0.329 e. The number of likely N-dealkylation sites (N-methyl/N-ethyl adjacent to an activating group) is 1. The lowest BCUT2D eigenvalue weighted by molar-refractivity contribution is -0.151. The molecular formula is C18H23NO6. The van der Waals surface area contributed by atoms with E-state index in [-0.39, 0.29) is 5.91 Å². The fourth-order valence-electron chi connectivity index (χ4n) is 3.61. The van der Waals surface area contributed by atoms with Crippen LogP contribution in [0.15, 0.2) is 12.1 Å². The quantitative estimate of drug-likeness (QED) is 0.898. The van der Waals surface area contributed by atoms with Gasteiger partial charge in [-0.15, -0.1) is 0 Å². The molecule has 136 valence electrons. The molecule has 0 spiro atoms. The summed E-state index contributed by atoms with van der Waals surface area (Å²) in [6, 6.07) is 3.17. The molecule has 1 aromatic rings. The van der Waals surface area contributed by atoms with Gasteiger partial charge in [-0.05, 0) is 25.0 Å². The molecule has 1 aliphatic carbocycles. The van der Waals surface area contributed by atoms with Gasteiger partial charge in [-0.2, -0.15) is 0 Å². The molecule has 1 fully saturated rings. The summed E-state index contributed by atoms with van der Waals surface area (Å²) >= 11 is 0. The van der Waals surface area contributed by atoms with Crippen molar-refractivity contribution in [3.63, 3.8) is 0 Å². The molecule has 0 unspecified atom stereocenters. The van der Waals surface area contributed by atoms with Crippen molar-refractivity contribution in [3.05, 3.63) is 17.7 Å². The molecule has 1 aromatic carbocycles. The molecule has 1 aliphatic heterocycles. The lowest BCUT2D eigenvalue weighted by Crippen LogP contribution is -2.56. The van der Waals surface area contributed by atoms with Crippen molar-refractivity contribution < 1.29 is 28.9 Å². The van der Waals surface area contributed by atoms with Crippen LogP contribution in [-0.4, -0.2) is 54.8 Å². The van der Waals surface area contributed by atoms with E-state index in [1.807, 2.05) is 0 Å². The number of hydrogen-bond donors (Lipinski definition) is 1. The fraction of sp³-hybridized carbons (Fsp3) is 0.556. The van der Waals surface area contributed by atoms with E-state index >= 15 is 0 Å². The number of carbonyl (C=O) groups excluding carboxylic acids is 1. The topological polar surface area (TPSA) is 85.3 Å². The first-order valence-electron chi connectivity index (χ1n) is 8.49. The molecule has 7 heteroatoms. The van der Waals surface area contributed by atoms with Crippen molar-refractivity contribution in [2.75, 3.05) is 27.4 Å². The van der Waals surface area contributed by atoms with Crippen LogP contribution in [0, 0.1) is 0 Å². The number of fused-ring (bicyclic) bond motifs is 1. The Kier molecular flexibility index (Phi) is 4.74. The molecular weight excluding hydrogens is 326 g/mol. The van der Waals surface area contributed by atoms with Gasteiger partial charge in [0.2, 0.25) is 5.75 Å². The van der Waals surface area contributed by atoms with Crippen LogP contribution >= 0.6 is 0 Å². The third-order valence-corrected chi connectivity index (χ3v) is 5.10.